The Bertz CT molecular complexity index is 393. The maximum absolute atomic E-state index is 12.1. The van der Waals surface area contributed by atoms with E-state index >= 15 is 0 Å². The highest BCUT2D eigenvalue weighted by molar-refractivity contribution is 9.10. The van der Waals surface area contributed by atoms with Crippen molar-refractivity contribution in [3.63, 3.8) is 0 Å². The maximum Gasteiger partial charge on any atom is 0.255 e. The van der Waals surface area contributed by atoms with Crippen molar-refractivity contribution in [3.8, 4) is 0 Å². The van der Waals surface area contributed by atoms with Gasteiger partial charge in [-0.2, -0.15) is 0 Å². The van der Waals surface area contributed by atoms with E-state index in [1.54, 1.807) is 18.0 Å². The predicted molar refractivity (Wildman–Crippen MR) is 71.0 cm³/mol. The van der Waals surface area contributed by atoms with Gasteiger partial charge in [0.2, 0.25) is 0 Å². The van der Waals surface area contributed by atoms with Crippen molar-refractivity contribution in [2.75, 3.05) is 13.6 Å². The van der Waals surface area contributed by atoms with E-state index in [0.29, 0.717) is 16.5 Å². The second kappa shape index (κ2) is 5.69. The van der Waals surface area contributed by atoms with Crippen LogP contribution in [0.5, 0.6) is 0 Å². The molecule has 1 aromatic rings. The van der Waals surface area contributed by atoms with E-state index in [4.69, 9.17) is 11.6 Å². The van der Waals surface area contributed by atoms with E-state index in [1.807, 2.05) is 12.1 Å². The Morgan fingerprint density at radius 1 is 1.50 bits per heavy atom. The molecule has 0 heterocycles. The average molecular weight is 305 g/mol. The average Bonchev–Trinajstić information content (AvgIpc) is 2.20. The molecule has 1 aromatic carbocycles. The number of hydrogen-bond acceptors (Lipinski definition) is 1. The fraction of sp³-hybridized carbons (Fsp3) is 0.417. The number of rotatable bonds is 3. The van der Waals surface area contributed by atoms with E-state index in [9.17, 15) is 4.79 Å². The highest BCUT2D eigenvalue weighted by Crippen LogP contribution is 2.26. The highest BCUT2D eigenvalue weighted by atomic mass is 79.9. The quantitative estimate of drug-likeness (QED) is 0.831. The third kappa shape index (κ3) is 3.22. The smallest absolute Gasteiger partial charge is 0.255 e. The molecule has 1 amide bonds. The van der Waals surface area contributed by atoms with Gasteiger partial charge < -0.3 is 4.90 Å². The van der Waals surface area contributed by atoms with Gasteiger partial charge in [0.05, 0.1) is 10.6 Å². The molecule has 0 radical (unpaired) electrons. The maximum atomic E-state index is 12.1. The summed E-state index contributed by atoms with van der Waals surface area (Å²) in [6.45, 7) is 4.88. The molecule has 0 spiro atoms. The Morgan fingerprint density at radius 2 is 2.12 bits per heavy atom. The summed E-state index contributed by atoms with van der Waals surface area (Å²) in [6, 6.07) is 5.38. The van der Waals surface area contributed by atoms with Crippen molar-refractivity contribution >= 4 is 33.4 Å². The van der Waals surface area contributed by atoms with Gasteiger partial charge in [-0.3, -0.25) is 4.79 Å². The van der Waals surface area contributed by atoms with Crippen LogP contribution in [-0.2, 0) is 0 Å². The predicted octanol–water partition coefficient (Wildman–Crippen LogP) is 3.83. The molecule has 0 bridgehead atoms. The molecule has 0 atom stereocenters. The number of nitrogens with zero attached hydrogens (tertiary/aromatic N) is 1. The summed E-state index contributed by atoms with van der Waals surface area (Å²) in [5, 5.41) is 0.475. The zero-order valence-corrected chi connectivity index (χ0v) is 12.0. The fourth-order valence-electron chi connectivity index (χ4n) is 1.51. The number of benzene rings is 1. The summed E-state index contributed by atoms with van der Waals surface area (Å²) >= 11 is 9.39. The minimum Gasteiger partial charge on any atom is -0.341 e. The molecule has 88 valence electrons. The molecular formula is C12H15BrClNO. The fourth-order valence-corrected chi connectivity index (χ4v) is 2.08. The molecule has 0 aliphatic carbocycles. The molecule has 0 fully saturated rings. The second-order valence-electron chi connectivity index (χ2n) is 4.18. The lowest BCUT2D eigenvalue weighted by Crippen LogP contribution is -2.30. The molecule has 1 rings (SSSR count). The van der Waals surface area contributed by atoms with Gasteiger partial charge in [-0.25, -0.2) is 0 Å². The van der Waals surface area contributed by atoms with Crippen LogP contribution in [0.2, 0.25) is 5.02 Å². The molecule has 0 aliphatic heterocycles. The lowest BCUT2D eigenvalue weighted by atomic mass is 10.1. The number of amides is 1. The zero-order valence-electron chi connectivity index (χ0n) is 9.63. The van der Waals surface area contributed by atoms with E-state index in [1.165, 1.54) is 0 Å². The summed E-state index contributed by atoms with van der Waals surface area (Å²) in [4.78, 5) is 13.8. The van der Waals surface area contributed by atoms with E-state index in [0.717, 1.165) is 11.0 Å². The number of carbonyl (C=O) groups is 1. The zero-order chi connectivity index (χ0) is 12.3. The normalized spacial score (nSPS) is 10.6. The molecule has 4 heteroatoms. The van der Waals surface area contributed by atoms with Crippen molar-refractivity contribution in [2.24, 2.45) is 5.92 Å². The van der Waals surface area contributed by atoms with Crippen LogP contribution >= 0.6 is 27.5 Å². The number of carbonyl (C=O) groups excluding carboxylic acids is 1. The van der Waals surface area contributed by atoms with Crippen LogP contribution in [0.25, 0.3) is 0 Å². The Hall–Kier alpha value is -0.540. The van der Waals surface area contributed by atoms with Crippen LogP contribution in [-0.4, -0.2) is 24.4 Å². The molecule has 0 N–H and O–H groups in total. The first kappa shape index (κ1) is 13.5. The van der Waals surface area contributed by atoms with E-state index < -0.39 is 0 Å². The molecule has 0 unspecified atom stereocenters. The van der Waals surface area contributed by atoms with Gasteiger partial charge in [0.1, 0.15) is 0 Å². The third-order valence-corrected chi connectivity index (χ3v) is 3.46. The van der Waals surface area contributed by atoms with Gasteiger partial charge in [-0.15, -0.1) is 0 Å². The molecule has 0 saturated carbocycles. The van der Waals surface area contributed by atoms with Gasteiger partial charge in [0.15, 0.2) is 0 Å². The standard InChI is InChI=1S/C12H15BrClNO/c1-8(2)7-15(3)12(16)9-5-4-6-10(13)11(9)14/h4-6,8H,7H2,1-3H3. The Labute approximate surface area is 110 Å². The minimum atomic E-state index is -0.0417. The highest BCUT2D eigenvalue weighted by Gasteiger charge is 2.16. The Balaban J connectivity index is 2.92. The van der Waals surface area contributed by atoms with E-state index in [-0.39, 0.29) is 5.91 Å². The third-order valence-electron chi connectivity index (χ3n) is 2.17. The van der Waals surface area contributed by atoms with Gasteiger partial charge in [-0.1, -0.05) is 31.5 Å². The van der Waals surface area contributed by atoms with Crippen LogP contribution in [0.1, 0.15) is 24.2 Å². The largest absolute Gasteiger partial charge is 0.341 e. The van der Waals surface area contributed by atoms with Gasteiger partial charge in [0.25, 0.3) is 5.91 Å². The summed E-state index contributed by atoms with van der Waals surface area (Å²) in [5.41, 5.74) is 0.541. The van der Waals surface area contributed by atoms with Crippen molar-refractivity contribution in [2.45, 2.75) is 13.8 Å². The number of halogens is 2. The lowest BCUT2D eigenvalue weighted by Gasteiger charge is -2.20. The SMILES string of the molecule is CC(C)CN(C)C(=O)c1cccc(Br)c1Cl. The molecule has 0 aromatic heterocycles. The second-order valence-corrected chi connectivity index (χ2v) is 5.41. The first-order chi connectivity index (χ1) is 7.43. The summed E-state index contributed by atoms with van der Waals surface area (Å²) in [6.07, 6.45) is 0. The van der Waals surface area contributed by atoms with Crippen LogP contribution in [0.15, 0.2) is 22.7 Å². The van der Waals surface area contributed by atoms with Gasteiger partial charge in [-0.05, 0) is 34.0 Å². The van der Waals surface area contributed by atoms with E-state index in [2.05, 4.69) is 29.8 Å². The van der Waals surface area contributed by atoms with Gasteiger partial charge in [0, 0.05) is 18.1 Å². The first-order valence-electron chi connectivity index (χ1n) is 5.13. The van der Waals surface area contributed by atoms with Crippen molar-refractivity contribution < 1.29 is 4.79 Å². The molecule has 0 saturated heterocycles. The first-order valence-corrected chi connectivity index (χ1v) is 6.30. The molecule has 2 nitrogen and oxygen atoms in total. The van der Waals surface area contributed by atoms with Crippen LogP contribution < -0.4 is 0 Å². The monoisotopic (exact) mass is 303 g/mol. The van der Waals surface area contributed by atoms with Crippen molar-refractivity contribution in [1.82, 2.24) is 4.90 Å². The minimum absolute atomic E-state index is 0.0417. The summed E-state index contributed by atoms with van der Waals surface area (Å²) in [5.74, 6) is 0.403. The topological polar surface area (TPSA) is 20.3 Å². The Morgan fingerprint density at radius 3 is 2.69 bits per heavy atom. The number of hydrogen-bond donors (Lipinski definition) is 0. The Kier molecular flexibility index (Phi) is 4.81. The summed E-state index contributed by atoms with van der Waals surface area (Å²) in [7, 11) is 1.79. The van der Waals surface area contributed by atoms with Crippen LogP contribution in [0.4, 0.5) is 0 Å². The molecular weight excluding hydrogens is 289 g/mol. The van der Waals surface area contributed by atoms with Crippen LogP contribution in [0, 0.1) is 5.92 Å². The van der Waals surface area contributed by atoms with Crippen LogP contribution in [0.3, 0.4) is 0 Å². The lowest BCUT2D eigenvalue weighted by molar-refractivity contribution is 0.0779. The van der Waals surface area contributed by atoms with Crippen molar-refractivity contribution in [3.05, 3.63) is 33.3 Å². The molecule has 0 aliphatic rings. The van der Waals surface area contributed by atoms with Crippen molar-refractivity contribution in [1.29, 1.82) is 0 Å². The summed E-state index contributed by atoms with van der Waals surface area (Å²) < 4.78 is 0.748. The van der Waals surface area contributed by atoms with Gasteiger partial charge >= 0.3 is 0 Å². The molecule has 16 heavy (non-hydrogen) atoms.